The van der Waals surface area contributed by atoms with Gasteiger partial charge in [0.25, 0.3) is 0 Å². The topological polar surface area (TPSA) is 60.4 Å². The Hall–Kier alpha value is -1.39. The van der Waals surface area contributed by atoms with E-state index in [1.807, 2.05) is 0 Å². The smallest absolute Gasteiger partial charge is 0.338 e. The molecule has 1 aromatic rings. The number of carbonyl (C=O) groups is 3. The number of hydrogen-bond donors (Lipinski definition) is 0. The van der Waals surface area contributed by atoms with Gasteiger partial charge in [-0.1, -0.05) is 6.07 Å². The molecule has 0 fully saturated rings. The molecule has 1 aromatic carbocycles. The van der Waals surface area contributed by atoms with Gasteiger partial charge in [0.2, 0.25) is 0 Å². The van der Waals surface area contributed by atoms with Gasteiger partial charge in [-0.15, -0.1) is 23.2 Å². The van der Waals surface area contributed by atoms with Crippen molar-refractivity contribution in [2.75, 3.05) is 18.9 Å². The molecule has 4 nitrogen and oxygen atoms in total. The zero-order valence-electron chi connectivity index (χ0n) is 9.54. The Labute approximate surface area is 114 Å². The Bertz CT molecular complexity index is 497. The highest BCUT2D eigenvalue weighted by Gasteiger charge is 2.19. The maximum Gasteiger partial charge on any atom is 0.338 e. The minimum Gasteiger partial charge on any atom is -0.465 e. The molecule has 0 spiro atoms. The van der Waals surface area contributed by atoms with Gasteiger partial charge in [-0.2, -0.15) is 0 Å². The van der Waals surface area contributed by atoms with Gasteiger partial charge >= 0.3 is 5.97 Å². The van der Waals surface area contributed by atoms with Crippen LogP contribution < -0.4 is 0 Å². The Kier molecular flexibility index (Phi) is 5.31. The van der Waals surface area contributed by atoms with E-state index in [0.717, 1.165) is 0 Å². The van der Waals surface area contributed by atoms with Crippen molar-refractivity contribution in [3.8, 4) is 0 Å². The van der Waals surface area contributed by atoms with Crippen LogP contribution >= 0.6 is 23.2 Å². The van der Waals surface area contributed by atoms with Crippen molar-refractivity contribution in [2.24, 2.45) is 0 Å². The fourth-order valence-corrected chi connectivity index (χ4v) is 1.68. The molecule has 0 N–H and O–H groups in total. The molecule has 0 saturated carbocycles. The number of ketones is 2. The van der Waals surface area contributed by atoms with Crippen molar-refractivity contribution in [2.45, 2.75) is 0 Å². The van der Waals surface area contributed by atoms with Crippen LogP contribution in [0.25, 0.3) is 0 Å². The normalized spacial score (nSPS) is 9.94. The van der Waals surface area contributed by atoms with E-state index in [1.165, 1.54) is 25.3 Å². The molecule has 6 heteroatoms. The lowest BCUT2D eigenvalue weighted by molar-refractivity contribution is 0.0597. The van der Waals surface area contributed by atoms with Crippen LogP contribution in [0.2, 0.25) is 0 Å². The Morgan fingerprint density at radius 1 is 1.06 bits per heavy atom. The first-order chi connectivity index (χ1) is 8.54. The minimum atomic E-state index is -0.659. The number of Topliss-reactive ketones (excluding diaryl/α,β-unsaturated/α-hetero) is 2. The Morgan fingerprint density at radius 2 is 1.67 bits per heavy atom. The van der Waals surface area contributed by atoms with E-state index in [4.69, 9.17) is 23.2 Å². The minimum absolute atomic E-state index is 0.0628. The molecule has 0 atom stereocenters. The van der Waals surface area contributed by atoms with E-state index in [1.54, 1.807) is 0 Å². The number of hydrogen-bond acceptors (Lipinski definition) is 4. The lowest BCUT2D eigenvalue weighted by atomic mass is 9.99. The summed E-state index contributed by atoms with van der Waals surface area (Å²) < 4.78 is 4.55. The van der Waals surface area contributed by atoms with Gasteiger partial charge in [0, 0.05) is 11.1 Å². The summed E-state index contributed by atoms with van der Waals surface area (Å²) in [6, 6.07) is 4.08. The summed E-state index contributed by atoms with van der Waals surface area (Å²) in [7, 11) is 1.20. The lowest BCUT2D eigenvalue weighted by Gasteiger charge is -2.07. The molecule has 0 bridgehead atoms. The molecule has 0 aliphatic carbocycles. The number of rotatable bonds is 5. The first-order valence-corrected chi connectivity index (χ1v) is 6.02. The third-order valence-electron chi connectivity index (χ3n) is 2.29. The molecule has 18 heavy (non-hydrogen) atoms. The van der Waals surface area contributed by atoms with Crippen LogP contribution in [0.3, 0.4) is 0 Å². The van der Waals surface area contributed by atoms with Gasteiger partial charge in [-0.05, 0) is 12.1 Å². The molecule has 96 valence electrons. The number of halogens is 2. The van der Waals surface area contributed by atoms with Crippen molar-refractivity contribution in [3.05, 3.63) is 34.9 Å². The first kappa shape index (κ1) is 14.7. The number of ether oxygens (including phenoxy) is 1. The molecule has 0 amide bonds. The highest BCUT2D eigenvalue weighted by Crippen LogP contribution is 2.16. The summed E-state index contributed by atoms with van der Waals surface area (Å²) >= 11 is 10.9. The van der Waals surface area contributed by atoms with Crippen LogP contribution in [0, 0.1) is 0 Å². The zero-order valence-corrected chi connectivity index (χ0v) is 11.0. The van der Waals surface area contributed by atoms with Crippen LogP contribution in [0.4, 0.5) is 0 Å². The number of carbonyl (C=O) groups excluding carboxylic acids is 3. The molecule has 0 saturated heterocycles. The summed E-state index contributed by atoms with van der Waals surface area (Å²) in [5, 5.41) is 0. The van der Waals surface area contributed by atoms with Crippen molar-refractivity contribution in [1.29, 1.82) is 0 Å². The maximum absolute atomic E-state index is 11.6. The number of benzene rings is 1. The summed E-state index contributed by atoms with van der Waals surface area (Å²) in [6.45, 7) is 0. The van der Waals surface area contributed by atoms with E-state index in [-0.39, 0.29) is 34.2 Å². The monoisotopic (exact) mass is 288 g/mol. The predicted molar refractivity (Wildman–Crippen MR) is 67.9 cm³/mol. The van der Waals surface area contributed by atoms with Crippen LogP contribution in [-0.4, -0.2) is 36.4 Å². The van der Waals surface area contributed by atoms with Gasteiger partial charge < -0.3 is 4.74 Å². The first-order valence-electron chi connectivity index (χ1n) is 4.95. The van der Waals surface area contributed by atoms with E-state index in [0.29, 0.717) is 0 Å². The highest BCUT2D eigenvalue weighted by atomic mass is 35.5. The van der Waals surface area contributed by atoms with Gasteiger partial charge in [-0.3, -0.25) is 9.59 Å². The van der Waals surface area contributed by atoms with Crippen LogP contribution in [-0.2, 0) is 4.74 Å². The molecule has 0 aromatic heterocycles. The van der Waals surface area contributed by atoms with Crippen molar-refractivity contribution < 1.29 is 19.1 Å². The summed E-state index contributed by atoms with van der Waals surface area (Å²) in [5.41, 5.74) is 0.396. The van der Waals surface area contributed by atoms with Crippen LogP contribution in [0.5, 0.6) is 0 Å². The van der Waals surface area contributed by atoms with Crippen LogP contribution in [0.15, 0.2) is 18.2 Å². The fraction of sp³-hybridized carbons (Fsp3) is 0.250. The molecular weight excluding hydrogens is 279 g/mol. The van der Waals surface area contributed by atoms with Gasteiger partial charge in [0.1, 0.15) is 0 Å². The van der Waals surface area contributed by atoms with Gasteiger partial charge in [0.15, 0.2) is 11.6 Å². The van der Waals surface area contributed by atoms with Crippen molar-refractivity contribution >= 4 is 40.7 Å². The second-order valence-electron chi connectivity index (χ2n) is 3.37. The molecule has 0 radical (unpaired) electrons. The molecule has 0 aliphatic heterocycles. The maximum atomic E-state index is 11.6. The summed E-state index contributed by atoms with van der Waals surface area (Å²) in [5.74, 6) is -1.94. The highest BCUT2D eigenvalue weighted by molar-refractivity contribution is 6.32. The second-order valence-corrected chi connectivity index (χ2v) is 3.90. The fourth-order valence-electron chi connectivity index (χ4n) is 1.39. The number of esters is 1. The molecule has 0 aliphatic rings. The third kappa shape index (κ3) is 3.09. The average molecular weight is 289 g/mol. The van der Waals surface area contributed by atoms with E-state index in [9.17, 15) is 14.4 Å². The van der Waals surface area contributed by atoms with E-state index < -0.39 is 11.8 Å². The van der Waals surface area contributed by atoms with Crippen LogP contribution in [0.1, 0.15) is 31.1 Å². The molecule has 0 unspecified atom stereocenters. The predicted octanol–water partition coefficient (Wildman–Crippen LogP) is 2.32. The third-order valence-corrected chi connectivity index (χ3v) is 2.78. The van der Waals surface area contributed by atoms with E-state index in [2.05, 4.69) is 4.74 Å². The zero-order chi connectivity index (χ0) is 13.7. The Balaban J connectivity index is 3.33. The number of alkyl halides is 2. The summed E-state index contributed by atoms with van der Waals surface area (Å²) in [6.07, 6.45) is 0. The van der Waals surface area contributed by atoms with Gasteiger partial charge in [-0.25, -0.2) is 4.79 Å². The SMILES string of the molecule is COC(=O)c1ccc(C(=O)CCl)cc1C(=O)CCl. The average Bonchev–Trinajstić information content (AvgIpc) is 2.43. The molecule has 1 rings (SSSR count). The quantitative estimate of drug-likeness (QED) is 0.474. The van der Waals surface area contributed by atoms with Crippen molar-refractivity contribution in [1.82, 2.24) is 0 Å². The number of methoxy groups -OCH3 is 1. The Morgan fingerprint density at radius 3 is 2.17 bits per heavy atom. The van der Waals surface area contributed by atoms with E-state index >= 15 is 0 Å². The summed E-state index contributed by atoms with van der Waals surface area (Å²) in [4.78, 5) is 34.5. The standard InChI is InChI=1S/C12H10Cl2O4/c1-18-12(17)8-3-2-7(10(15)5-13)4-9(8)11(16)6-14/h2-4H,5-6H2,1H3. The lowest BCUT2D eigenvalue weighted by Crippen LogP contribution is -2.13. The van der Waals surface area contributed by atoms with Crippen molar-refractivity contribution in [3.63, 3.8) is 0 Å². The molecule has 0 heterocycles. The van der Waals surface area contributed by atoms with Gasteiger partial charge in [0.05, 0.1) is 24.4 Å². The molecular formula is C12H10Cl2O4. The largest absolute Gasteiger partial charge is 0.465 e. The second kappa shape index (κ2) is 6.52.